The number of hydrogen-bond acceptors (Lipinski definition) is 2. The zero-order valence-corrected chi connectivity index (χ0v) is 14.3. The van der Waals surface area contributed by atoms with Crippen LogP contribution in [0.4, 0.5) is 0 Å². The van der Waals surface area contributed by atoms with E-state index in [1.807, 2.05) is 55.5 Å². The maximum atomic E-state index is 12.5. The van der Waals surface area contributed by atoms with E-state index in [0.717, 1.165) is 34.4 Å². The molecule has 1 heterocycles. The van der Waals surface area contributed by atoms with Crippen molar-refractivity contribution in [3.63, 3.8) is 0 Å². The van der Waals surface area contributed by atoms with E-state index in [9.17, 15) is 4.79 Å². The van der Waals surface area contributed by atoms with Crippen LogP contribution in [0.2, 0.25) is 0 Å². The molecule has 1 saturated carbocycles. The minimum atomic E-state index is -0.104. The lowest BCUT2D eigenvalue weighted by Crippen LogP contribution is -2.23. The van der Waals surface area contributed by atoms with Gasteiger partial charge in [0.05, 0.1) is 6.61 Å². The van der Waals surface area contributed by atoms with Crippen LogP contribution in [-0.4, -0.2) is 17.5 Å². The lowest BCUT2D eigenvalue weighted by atomic mass is 10.2. The zero-order valence-electron chi connectivity index (χ0n) is 14.3. The molecule has 1 aliphatic rings. The third kappa shape index (κ3) is 3.53. The minimum Gasteiger partial charge on any atom is -0.493 e. The summed E-state index contributed by atoms with van der Waals surface area (Å²) in [5.74, 6) is 1.46. The van der Waals surface area contributed by atoms with Gasteiger partial charge in [0.1, 0.15) is 11.4 Å². The van der Waals surface area contributed by atoms with Crippen LogP contribution in [-0.2, 0) is 6.54 Å². The maximum Gasteiger partial charge on any atom is 0.267 e. The van der Waals surface area contributed by atoms with Gasteiger partial charge >= 0.3 is 0 Å². The summed E-state index contributed by atoms with van der Waals surface area (Å²) >= 11 is 0. The molecule has 0 aliphatic heterocycles. The Kier molecular flexibility index (Phi) is 4.18. The monoisotopic (exact) mass is 334 g/mol. The van der Waals surface area contributed by atoms with E-state index in [1.54, 1.807) is 0 Å². The topological polar surface area (TPSA) is 54.1 Å². The Balaban J connectivity index is 1.45. The number of carbonyl (C=O) groups excluding carboxylic acids is 1. The maximum absolute atomic E-state index is 12.5. The molecule has 1 aromatic heterocycles. The Labute approximate surface area is 147 Å². The first-order chi connectivity index (χ1) is 12.2. The Morgan fingerprint density at radius 2 is 2.04 bits per heavy atom. The number of fused-ring (bicyclic) bond motifs is 1. The Hall–Kier alpha value is -2.75. The van der Waals surface area contributed by atoms with Crippen LogP contribution in [0.15, 0.2) is 48.5 Å². The molecule has 0 spiro atoms. The quantitative estimate of drug-likeness (QED) is 0.710. The lowest BCUT2D eigenvalue weighted by Gasteiger charge is -2.11. The number of hydrogen-bond donors (Lipinski definition) is 2. The molecule has 4 heteroatoms. The lowest BCUT2D eigenvalue weighted by molar-refractivity contribution is 0.0946. The van der Waals surface area contributed by atoms with Gasteiger partial charge in [0.25, 0.3) is 5.91 Å². The normalized spacial score (nSPS) is 13.8. The second-order valence-electron chi connectivity index (χ2n) is 6.77. The molecule has 0 radical (unpaired) electrons. The van der Waals surface area contributed by atoms with Crippen molar-refractivity contribution in [1.82, 2.24) is 10.3 Å². The summed E-state index contributed by atoms with van der Waals surface area (Å²) in [6, 6.07) is 15.8. The molecule has 1 aliphatic carbocycles. The molecule has 1 fully saturated rings. The molecule has 2 N–H and O–H groups in total. The molecule has 0 bridgehead atoms. The van der Waals surface area contributed by atoms with Gasteiger partial charge < -0.3 is 15.0 Å². The first-order valence-electron chi connectivity index (χ1n) is 8.78. The molecular formula is C21H22N2O2. The fourth-order valence-corrected chi connectivity index (χ4v) is 2.98. The van der Waals surface area contributed by atoms with E-state index in [-0.39, 0.29) is 5.91 Å². The average Bonchev–Trinajstić information content (AvgIpc) is 3.35. The van der Waals surface area contributed by atoms with E-state index in [1.165, 1.54) is 12.8 Å². The summed E-state index contributed by atoms with van der Waals surface area (Å²) < 4.78 is 5.90. The number of rotatable bonds is 6. The van der Waals surface area contributed by atoms with Crippen molar-refractivity contribution >= 4 is 16.8 Å². The van der Waals surface area contributed by atoms with Gasteiger partial charge in [-0.05, 0) is 43.4 Å². The van der Waals surface area contributed by atoms with Crippen LogP contribution in [0.3, 0.4) is 0 Å². The Bertz CT molecular complexity index is 909. The summed E-state index contributed by atoms with van der Waals surface area (Å²) in [7, 11) is 0. The second-order valence-corrected chi connectivity index (χ2v) is 6.77. The molecule has 0 saturated heterocycles. The number of H-pyrrole nitrogens is 1. The minimum absolute atomic E-state index is 0.104. The molecule has 128 valence electrons. The number of ether oxygens (including phenoxy) is 1. The van der Waals surface area contributed by atoms with Crippen molar-refractivity contribution in [2.75, 3.05) is 6.61 Å². The predicted octanol–water partition coefficient (Wildman–Crippen LogP) is 4.20. The third-order valence-corrected chi connectivity index (χ3v) is 4.69. The van der Waals surface area contributed by atoms with Crippen LogP contribution < -0.4 is 10.1 Å². The van der Waals surface area contributed by atoms with E-state index < -0.39 is 0 Å². The summed E-state index contributed by atoms with van der Waals surface area (Å²) in [4.78, 5) is 15.7. The molecule has 4 nitrogen and oxygen atoms in total. The van der Waals surface area contributed by atoms with Crippen LogP contribution >= 0.6 is 0 Å². The van der Waals surface area contributed by atoms with Gasteiger partial charge in [-0.2, -0.15) is 0 Å². The van der Waals surface area contributed by atoms with Crippen molar-refractivity contribution < 1.29 is 9.53 Å². The van der Waals surface area contributed by atoms with Crippen molar-refractivity contribution in [3.8, 4) is 5.75 Å². The van der Waals surface area contributed by atoms with Gasteiger partial charge in [-0.15, -0.1) is 0 Å². The first kappa shape index (κ1) is 15.8. The van der Waals surface area contributed by atoms with E-state index in [2.05, 4.69) is 10.3 Å². The number of nitrogens with one attached hydrogen (secondary N) is 2. The van der Waals surface area contributed by atoms with Gasteiger partial charge in [-0.3, -0.25) is 4.79 Å². The van der Waals surface area contributed by atoms with Crippen molar-refractivity contribution in [2.45, 2.75) is 26.3 Å². The van der Waals surface area contributed by atoms with Crippen LogP contribution in [0.5, 0.6) is 5.75 Å². The highest BCUT2D eigenvalue weighted by molar-refractivity contribution is 5.98. The highest BCUT2D eigenvalue weighted by Gasteiger charge is 2.22. The Morgan fingerprint density at radius 1 is 1.20 bits per heavy atom. The highest BCUT2D eigenvalue weighted by atomic mass is 16.5. The molecule has 4 rings (SSSR count). The molecule has 25 heavy (non-hydrogen) atoms. The van der Waals surface area contributed by atoms with E-state index in [4.69, 9.17) is 4.74 Å². The Morgan fingerprint density at radius 3 is 2.84 bits per heavy atom. The first-order valence-corrected chi connectivity index (χ1v) is 8.78. The second kappa shape index (κ2) is 6.63. The summed E-state index contributed by atoms with van der Waals surface area (Å²) in [6.45, 7) is 3.26. The van der Waals surface area contributed by atoms with Crippen molar-refractivity contribution in [1.29, 1.82) is 0 Å². The van der Waals surface area contributed by atoms with Gasteiger partial charge in [-0.1, -0.05) is 36.4 Å². The molecule has 0 unspecified atom stereocenters. The highest BCUT2D eigenvalue weighted by Crippen LogP contribution is 2.30. The van der Waals surface area contributed by atoms with Crippen LogP contribution in [0.1, 0.15) is 34.5 Å². The fraction of sp³-hybridized carbons (Fsp3) is 0.286. The standard InChI is InChI=1S/C21H22N2O2/c1-14-5-4-7-16-11-18(23-20(14)16)21(24)22-12-17-6-2-3-8-19(17)25-13-15-9-10-15/h2-8,11,15,23H,9-10,12-13H2,1H3,(H,22,24). The average molecular weight is 334 g/mol. The van der Waals surface area contributed by atoms with Crippen LogP contribution in [0, 0.1) is 12.8 Å². The number of benzene rings is 2. The summed E-state index contributed by atoms with van der Waals surface area (Å²) in [6.07, 6.45) is 2.53. The van der Waals surface area contributed by atoms with Gasteiger partial charge in [0.15, 0.2) is 0 Å². The van der Waals surface area contributed by atoms with Crippen LogP contribution in [0.25, 0.3) is 10.9 Å². The number of aryl methyl sites for hydroxylation is 1. The van der Waals surface area contributed by atoms with Crippen molar-refractivity contribution in [3.05, 3.63) is 65.4 Å². The number of aromatic nitrogens is 1. The fourth-order valence-electron chi connectivity index (χ4n) is 2.98. The molecule has 3 aromatic rings. The van der Waals surface area contributed by atoms with Gasteiger partial charge in [-0.25, -0.2) is 0 Å². The van der Waals surface area contributed by atoms with Gasteiger partial charge in [0.2, 0.25) is 0 Å². The van der Waals surface area contributed by atoms with E-state index in [0.29, 0.717) is 18.2 Å². The van der Waals surface area contributed by atoms with Crippen molar-refractivity contribution in [2.24, 2.45) is 5.92 Å². The largest absolute Gasteiger partial charge is 0.493 e. The molecule has 2 aromatic carbocycles. The smallest absolute Gasteiger partial charge is 0.267 e. The molecular weight excluding hydrogens is 312 g/mol. The summed E-state index contributed by atoms with van der Waals surface area (Å²) in [5.41, 5.74) is 3.74. The van der Waals surface area contributed by atoms with E-state index >= 15 is 0 Å². The third-order valence-electron chi connectivity index (χ3n) is 4.69. The number of carbonyl (C=O) groups is 1. The molecule has 1 amide bonds. The number of para-hydroxylation sites is 2. The predicted molar refractivity (Wildman–Crippen MR) is 98.9 cm³/mol. The molecule has 0 atom stereocenters. The SMILES string of the molecule is Cc1cccc2cc(C(=O)NCc3ccccc3OCC3CC3)[nH]c12. The number of amides is 1. The van der Waals surface area contributed by atoms with Gasteiger partial charge in [0, 0.05) is 23.0 Å². The summed E-state index contributed by atoms with van der Waals surface area (Å²) in [5, 5.41) is 4.04. The number of aromatic amines is 1. The zero-order chi connectivity index (χ0) is 17.2.